The van der Waals surface area contributed by atoms with E-state index in [-0.39, 0.29) is 30.4 Å². The molecule has 0 aliphatic carbocycles. The molecule has 1 unspecified atom stereocenters. The first-order valence-corrected chi connectivity index (χ1v) is 6.48. The van der Waals surface area contributed by atoms with E-state index in [0.29, 0.717) is 19.8 Å². The van der Waals surface area contributed by atoms with Gasteiger partial charge in [-0.3, -0.25) is 0 Å². The van der Waals surface area contributed by atoms with Gasteiger partial charge in [-0.1, -0.05) is 0 Å². The van der Waals surface area contributed by atoms with Crippen molar-refractivity contribution in [3.63, 3.8) is 0 Å². The van der Waals surface area contributed by atoms with Gasteiger partial charge in [-0.2, -0.15) is 0 Å². The van der Waals surface area contributed by atoms with Crippen LogP contribution in [0.5, 0.6) is 0 Å². The van der Waals surface area contributed by atoms with Gasteiger partial charge in [-0.25, -0.2) is 0 Å². The molecule has 0 bridgehead atoms. The topological polar surface area (TPSA) is 55.4 Å². The predicted octanol–water partition coefficient (Wildman–Crippen LogP) is -0.948. The van der Waals surface area contributed by atoms with Crippen molar-refractivity contribution in [2.24, 2.45) is 0 Å². The zero-order valence-corrected chi connectivity index (χ0v) is 12.5. The van der Waals surface area contributed by atoms with Crippen LogP contribution in [0.15, 0.2) is 0 Å². The minimum Gasteiger partial charge on any atom is -0.382 e. The number of methoxy groups -OCH3 is 4. The zero-order valence-electron chi connectivity index (χ0n) is 12.5. The van der Waals surface area contributed by atoms with Crippen LogP contribution in [0.25, 0.3) is 0 Å². The van der Waals surface area contributed by atoms with Gasteiger partial charge in [0.05, 0.1) is 25.8 Å². The molecule has 0 aromatic heterocycles. The average molecular weight is 276 g/mol. The number of ether oxygens (including phenoxy) is 6. The maximum atomic E-state index is 5.89. The molecule has 19 heavy (non-hydrogen) atoms. The predicted molar refractivity (Wildman–Crippen MR) is 72.3 cm³/mol. The van der Waals surface area contributed by atoms with Crippen LogP contribution in [-0.2, 0) is 28.4 Å². The molecule has 0 radical (unpaired) electrons. The second-order valence-electron chi connectivity index (χ2n) is 4.65. The molecule has 0 saturated carbocycles. The van der Waals surface area contributed by atoms with Crippen molar-refractivity contribution in [2.45, 2.75) is 30.4 Å². The third-order valence-electron chi connectivity index (χ3n) is 3.31. The quantitative estimate of drug-likeness (QED) is 0.506. The first-order valence-electron chi connectivity index (χ1n) is 6.48. The average Bonchev–Trinajstić information content (AvgIpc) is 2.70. The molecule has 0 N–H and O–H groups in total. The number of hydrogen-bond donors (Lipinski definition) is 0. The smallest absolute Gasteiger partial charge is 0.142 e. The molecule has 0 spiro atoms. The summed E-state index contributed by atoms with van der Waals surface area (Å²) in [6.07, 6.45) is -0.441. The lowest BCUT2D eigenvalue weighted by Gasteiger charge is -2.24. The second kappa shape index (κ2) is 8.89. The van der Waals surface area contributed by atoms with E-state index in [0.717, 1.165) is 0 Å². The van der Waals surface area contributed by atoms with E-state index >= 15 is 0 Å². The Kier molecular flexibility index (Phi) is 7.90. The van der Waals surface area contributed by atoms with E-state index in [9.17, 15) is 0 Å². The lowest BCUT2D eigenvalue weighted by atomic mass is 9.92. The number of rotatable bonds is 9. The largest absolute Gasteiger partial charge is 0.382 e. The Labute approximate surface area is 116 Å². The molecule has 1 heterocycles. The summed E-state index contributed by atoms with van der Waals surface area (Å²) in [6.45, 7) is 1.44. The van der Waals surface area contributed by atoms with E-state index in [2.05, 4.69) is 0 Å². The van der Waals surface area contributed by atoms with E-state index in [1.807, 2.05) is 7.85 Å². The van der Waals surface area contributed by atoms with E-state index in [1.165, 1.54) is 0 Å². The van der Waals surface area contributed by atoms with Gasteiger partial charge in [0.25, 0.3) is 0 Å². The van der Waals surface area contributed by atoms with Crippen molar-refractivity contribution in [1.29, 1.82) is 0 Å². The van der Waals surface area contributed by atoms with Crippen molar-refractivity contribution in [2.75, 3.05) is 48.3 Å². The molecule has 0 aromatic carbocycles. The maximum absolute atomic E-state index is 5.89. The highest BCUT2D eigenvalue weighted by molar-refractivity contribution is 6.11. The molecular formula is C12H25BO6. The summed E-state index contributed by atoms with van der Waals surface area (Å²) in [5, 5.41) is 0. The highest BCUT2D eigenvalue weighted by atomic mass is 16.6. The van der Waals surface area contributed by atoms with Gasteiger partial charge in [-0.15, -0.1) is 0 Å². The summed E-state index contributed by atoms with van der Waals surface area (Å²) >= 11 is 0. The van der Waals surface area contributed by atoms with Gasteiger partial charge in [0.1, 0.15) is 32.3 Å². The van der Waals surface area contributed by atoms with Gasteiger partial charge in [-0.05, 0) is 0 Å². The molecule has 1 saturated heterocycles. The Morgan fingerprint density at radius 3 is 2.32 bits per heavy atom. The SMILES string of the molecule is B[C@@H]1O[C@H](COC)C(OC)[C@@H]1OC[C@H](COC)OC. The van der Waals surface area contributed by atoms with Crippen LogP contribution >= 0.6 is 0 Å². The van der Waals surface area contributed by atoms with Crippen LogP contribution in [0, 0.1) is 0 Å². The maximum Gasteiger partial charge on any atom is 0.142 e. The monoisotopic (exact) mass is 276 g/mol. The summed E-state index contributed by atoms with van der Waals surface area (Å²) < 4.78 is 32.6. The molecule has 7 heteroatoms. The van der Waals surface area contributed by atoms with E-state index < -0.39 is 0 Å². The number of hydrogen-bond acceptors (Lipinski definition) is 6. The second-order valence-corrected chi connectivity index (χ2v) is 4.65. The van der Waals surface area contributed by atoms with Crippen LogP contribution in [-0.4, -0.2) is 86.5 Å². The molecule has 5 atom stereocenters. The minimum absolute atomic E-state index is 0.0369. The van der Waals surface area contributed by atoms with Gasteiger partial charge in [0, 0.05) is 28.4 Å². The van der Waals surface area contributed by atoms with Crippen molar-refractivity contribution in [3.05, 3.63) is 0 Å². The molecule has 112 valence electrons. The molecule has 1 aliphatic rings. The Bertz CT molecular complexity index is 242. The summed E-state index contributed by atoms with van der Waals surface area (Å²) in [7, 11) is 8.57. The molecule has 1 fully saturated rings. The van der Waals surface area contributed by atoms with E-state index in [4.69, 9.17) is 28.4 Å². The molecular weight excluding hydrogens is 251 g/mol. The fraction of sp³-hybridized carbons (Fsp3) is 1.00. The third kappa shape index (κ3) is 4.70. The fourth-order valence-corrected chi connectivity index (χ4v) is 2.31. The third-order valence-corrected chi connectivity index (χ3v) is 3.31. The summed E-state index contributed by atoms with van der Waals surface area (Å²) in [4.78, 5) is 0. The molecule has 6 nitrogen and oxygen atoms in total. The van der Waals surface area contributed by atoms with Crippen molar-refractivity contribution in [1.82, 2.24) is 0 Å². The van der Waals surface area contributed by atoms with Crippen LogP contribution in [0.4, 0.5) is 0 Å². The first kappa shape index (κ1) is 16.9. The van der Waals surface area contributed by atoms with Crippen molar-refractivity contribution in [3.8, 4) is 0 Å². The first-order chi connectivity index (χ1) is 9.17. The van der Waals surface area contributed by atoms with Crippen LogP contribution in [0.1, 0.15) is 0 Å². The fourth-order valence-electron chi connectivity index (χ4n) is 2.31. The summed E-state index contributed by atoms with van der Waals surface area (Å²) in [6, 6.07) is -0.0369. The Morgan fingerprint density at radius 2 is 1.79 bits per heavy atom. The zero-order chi connectivity index (χ0) is 14.3. The summed E-state index contributed by atoms with van der Waals surface area (Å²) in [5.74, 6) is 0. The minimum atomic E-state index is -0.130. The van der Waals surface area contributed by atoms with Crippen LogP contribution in [0.2, 0.25) is 0 Å². The van der Waals surface area contributed by atoms with Gasteiger partial charge in [0.2, 0.25) is 0 Å². The molecule has 0 aromatic rings. The Balaban J connectivity index is 2.50. The van der Waals surface area contributed by atoms with Crippen molar-refractivity contribution >= 4 is 7.85 Å². The highest BCUT2D eigenvalue weighted by Gasteiger charge is 2.43. The molecule has 0 amide bonds. The van der Waals surface area contributed by atoms with Gasteiger partial charge >= 0.3 is 0 Å². The Morgan fingerprint density at radius 1 is 1.05 bits per heavy atom. The molecule has 1 rings (SSSR count). The standard InChI is InChI=1S/C12H25BO6/c1-14-5-8(16-3)6-18-11-10(17-4)9(7-15-2)19-12(11)13/h8-12H,5-7,13H2,1-4H3/t8-,9+,10?,11-,12+/m0/s1. The van der Waals surface area contributed by atoms with Crippen LogP contribution < -0.4 is 0 Å². The Hall–Kier alpha value is -0.175. The van der Waals surface area contributed by atoms with E-state index in [1.54, 1.807) is 28.4 Å². The lowest BCUT2D eigenvalue weighted by Crippen LogP contribution is -2.40. The van der Waals surface area contributed by atoms with Crippen molar-refractivity contribution < 1.29 is 28.4 Å². The molecule has 1 aliphatic heterocycles. The van der Waals surface area contributed by atoms with Gasteiger partial charge in [0.15, 0.2) is 0 Å². The normalized spacial score (nSPS) is 32.6. The lowest BCUT2D eigenvalue weighted by molar-refractivity contribution is -0.0903. The summed E-state index contributed by atoms with van der Waals surface area (Å²) in [5.41, 5.74) is 0. The van der Waals surface area contributed by atoms with Crippen LogP contribution in [0.3, 0.4) is 0 Å². The van der Waals surface area contributed by atoms with Gasteiger partial charge < -0.3 is 28.4 Å². The highest BCUT2D eigenvalue weighted by Crippen LogP contribution is 2.25.